The Hall–Kier alpha value is -2.26. The summed E-state index contributed by atoms with van der Waals surface area (Å²) in [7, 11) is 1.95. The minimum atomic E-state index is 0.0383. The third-order valence-corrected chi connectivity index (χ3v) is 3.64. The minimum absolute atomic E-state index is 0.0383. The molecule has 1 aromatic heterocycles. The number of hydrogen-bond donors (Lipinski definition) is 1. The van der Waals surface area contributed by atoms with Crippen LogP contribution in [-0.4, -0.2) is 13.7 Å². The van der Waals surface area contributed by atoms with Crippen molar-refractivity contribution in [3.63, 3.8) is 0 Å². The van der Waals surface area contributed by atoms with Crippen molar-refractivity contribution in [3.8, 4) is 5.75 Å². The van der Waals surface area contributed by atoms with Gasteiger partial charge in [0.1, 0.15) is 11.3 Å². The molecule has 0 saturated heterocycles. The van der Waals surface area contributed by atoms with E-state index in [0.717, 1.165) is 27.8 Å². The summed E-state index contributed by atoms with van der Waals surface area (Å²) in [4.78, 5) is 0. The van der Waals surface area contributed by atoms with Crippen molar-refractivity contribution in [1.82, 2.24) is 5.32 Å². The highest BCUT2D eigenvalue weighted by atomic mass is 16.5. The molecule has 0 aliphatic heterocycles. The molecule has 0 aliphatic rings. The molecule has 1 N–H and O–H groups in total. The molecule has 21 heavy (non-hydrogen) atoms. The lowest BCUT2D eigenvalue weighted by atomic mass is 9.97. The second-order valence-corrected chi connectivity index (χ2v) is 4.88. The monoisotopic (exact) mass is 281 g/mol. The lowest BCUT2D eigenvalue weighted by molar-refractivity contribution is 0.334. The van der Waals surface area contributed by atoms with Crippen LogP contribution < -0.4 is 10.1 Å². The molecule has 1 atom stereocenters. The molecule has 0 spiro atoms. The van der Waals surface area contributed by atoms with Crippen LogP contribution in [-0.2, 0) is 0 Å². The van der Waals surface area contributed by atoms with Crippen LogP contribution in [0.4, 0.5) is 0 Å². The summed E-state index contributed by atoms with van der Waals surface area (Å²) in [6.07, 6.45) is 1.83. The Morgan fingerprint density at radius 3 is 2.62 bits per heavy atom. The summed E-state index contributed by atoms with van der Waals surface area (Å²) in [6.45, 7) is 2.65. The van der Waals surface area contributed by atoms with E-state index in [-0.39, 0.29) is 6.04 Å². The molecule has 0 bridgehead atoms. The summed E-state index contributed by atoms with van der Waals surface area (Å²) in [5.74, 6) is 0.907. The highest BCUT2D eigenvalue weighted by Gasteiger charge is 2.20. The van der Waals surface area contributed by atoms with Gasteiger partial charge in [0.25, 0.3) is 0 Å². The Morgan fingerprint density at radius 2 is 1.81 bits per heavy atom. The van der Waals surface area contributed by atoms with Gasteiger partial charge >= 0.3 is 0 Å². The van der Waals surface area contributed by atoms with Crippen molar-refractivity contribution in [2.24, 2.45) is 0 Å². The lowest BCUT2D eigenvalue weighted by Crippen LogP contribution is -2.18. The topological polar surface area (TPSA) is 34.4 Å². The maximum atomic E-state index is 5.76. The summed E-state index contributed by atoms with van der Waals surface area (Å²) < 4.78 is 11.4. The van der Waals surface area contributed by atoms with Gasteiger partial charge in [-0.15, -0.1) is 0 Å². The number of para-hydroxylation sites is 2. The van der Waals surface area contributed by atoms with Gasteiger partial charge < -0.3 is 14.5 Å². The molecule has 0 aliphatic carbocycles. The summed E-state index contributed by atoms with van der Waals surface area (Å²) in [6, 6.07) is 16.2. The fraction of sp³-hybridized carbons (Fsp3) is 0.222. The molecule has 0 saturated carbocycles. The van der Waals surface area contributed by atoms with E-state index in [1.165, 1.54) is 0 Å². The van der Waals surface area contributed by atoms with Gasteiger partial charge in [-0.3, -0.25) is 0 Å². The van der Waals surface area contributed by atoms with Gasteiger partial charge in [0.15, 0.2) is 0 Å². The maximum Gasteiger partial charge on any atom is 0.134 e. The number of nitrogens with one attached hydrogen (secondary N) is 1. The van der Waals surface area contributed by atoms with Gasteiger partial charge in [-0.05, 0) is 26.1 Å². The predicted molar refractivity (Wildman–Crippen MR) is 84.7 cm³/mol. The van der Waals surface area contributed by atoms with E-state index in [4.69, 9.17) is 9.15 Å². The van der Waals surface area contributed by atoms with Crippen LogP contribution in [0.5, 0.6) is 5.75 Å². The SMILES string of the molecule is CCOc1ccccc1C(NC)c1coc2ccccc12. The smallest absolute Gasteiger partial charge is 0.134 e. The normalized spacial score (nSPS) is 12.5. The van der Waals surface area contributed by atoms with E-state index < -0.39 is 0 Å². The number of rotatable bonds is 5. The largest absolute Gasteiger partial charge is 0.494 e. The lowest BCUT2D eigenvalue weighted by Gasteiger charge is -2.19. The average Bonchev–Trinajstić information content (AvgIpc) is 2.94. The third kappa shape index (κ3) is 2.52. The number of benzene rings is 2. The van der Waals surface area contributed by atoms with Gasteiger partial charge in [0.05, 0.1) is 18.9 Å². The minimum Gasteiger partial charge on any atom is -0.494 e. The van der Waals surface area contributed by atoms with Crippen molar-refractivity contribution in [2.75, 3.05) is 13.7 Å². The van der Waals surface area contributed by atoms with E-state index in [9.17, 15) is 0 Å². The van der Waals surface area contributed by atoms with Crippen molar-refractivity contribution >= 4 is 11.0 Å². The van der Waals surface area contributed by atoms with Gasteiger partial charge in [-0.25, -0.2) is 0 Å². The Kier molecular flexibility index (Phi) is 3.93. The molecular formula is C18H19NO2. The van der Waals surface area contributed by atoms with Crippen LogP contribution in [0, 0.1) is 0 Å². The number of hydrogen-bond acceptors (Lipinski definition) is 3. The molecule has 2 aromatic carbocycles. The van der Waals surface area contributed by atoms with Crippen molar-refractivity contribution in [2.45, 2.75) is 13.0 Å². The molecule has 0 amide bonds. The van der Waals surface area contributed by atoms with Crippen LogP contribution >= 0.6 is 0 Å². The van der Waals surface area contributed by atoms with Crippen molar-refractivity contribution in [3.05, 3.63) is 65.9 Å². The first-order valence-corrected chi connectivity index (χ1v) is 7.20. The molecule has 3 aromatic rings. The van der Waals surface area contributed by atoms with E-state index >= 15 is 0 Å². The second-order valence-electron chi connectivity index (χ2n) is 4.88. The molecule has 3 rings (SSSR count). The predicted octanol–water partition coefficient (Wildman–Crippen LogP) is 4.14. The average molecular weight is 281 g/mol. The third-order valence-electron chi connectivity index (χ3n) is 3.64. The highest BCUT2D eigenvalue weighted by molar-refractivity contribution is 5.82. The van der Waals surface area contributed by atoms with Crippen LogP contribution in [0.3, 0.4) is 0 Å². The highest BCUT2D eigenvalue weighted by Crippen LogP contribution is 2.34. The Labute approximate surface area is 124 Å². The second kappa shape index (κ2) is 6.02. The van der Waals surface area contributed by atoms with Crippen LogP contribution in [0.1, 0.15) is 24.1 Å². The number of furan rings is 1. The number of ether oxygens (including phenoxy) is 1. The first-order chi connectivity index (χ1) is 10.3. The van der Waals surface area contributed by atoms with Gasteiger partial charge in [0.2, 0.25) is 0 Å². The zero-order valence-corrected chi connectivity index (χ0v) is 12.3. The van der Waals surface area contributed by atoms with Gasteiger partial charge in [0, 0.05) is 16.5 Å². The fourth-order valence-electron chi connectivity index (χ4n) is 2.71. The van der Waals surface area contributed by atoms with Gasteiger partial charge in [-0.1, -0.05) is 36.4 Å². The van der Waals surface area contributed by atoms with Crippen LogP contribution in [0.15, 0.2) is 59.2 Å². The molecular weight excluding hydrogens is 262 g/mol. The summed E-state index contributed by atoms with van der Waals surface area (Å²) in [5, 5.41) is 4.50. The van der Waals surface area contributed by atoms with Gasteiger partial charge in [-0.2, -0.15) is 0 Å². The zero-order valence-electron chi connectivity index (χ0n) is 12.3. The van der Waals surface area contributed by atoms with Crippen molar-refractivity contribution in [1.29, 1.82) is 0 Å². The molecule has 1 heterocycles. The molecule has 3 nitrogen and oxygen atoms in total. The molecule has 0 fully saturated rings. The zero-order chi connectivity index (χ0) is 14.7. The summed E-state index contributed by atoms with van der Waals surface area (Å²) >= 11 is 0. The van der Waals surface area contributed by atoms with E-state index in [1.54, 1.807) is 0 Å². The summed E-state index contributed by atoms with van der Waals surface area (Å²) in [5.41, 5.74) is 3.15. The number of fused-ring (bicyclic) bond motifs is 1. The van der Waals surface area contributed by atoms with E-state index in [1.807, 2.05) is 56.6 Å². The molecule has 0 radical (unpaired) electrons. The maximum absolute atomic E-state index is 5.76. The van der Waals surface area contributed by atoms with Crippen molar-refractivity contribution < 1.29 is 9.15 Å². The molecule has 3 heteroatoms. The Morgan fingerprint density at radius 1 is 1.05 bits per heavy atom. The molecule has 1 unspecified atom stereocenters. The van der Waals surface area contributed by atoms with Crippen LogP contribution in [0.2, 0.25) is 0 Å². The Balaban J connectivity index is 2.10. The first kappa shape index (κ1) is 13.7. The standard InChI is InChI=1S/C18H19NO2/c1-3-20-17-11-7-5-9-14(17)18(19-2)15-12-21-16-10-6-4-8-13(15)16/h4-12,18-19H,3H2,1-2H3. The van der Waals surface area contributed by atoms with E-state index in [0.29, 0.717) is 6.61 Å². The van der Waals surface area contributed by atoms with E-state index in [2.05, 4.69) is 17.4 Å². The van der Waals surface area contributed by atoms with Crippen LogP contribution in [0.25, 0.3) is 11.0 Å². The fourth-order valence-corrected chi connectivity index (χ4v) is 2.71. The quantitative estimate of drug-likeness (QED) is 0.763. The Bertz CT molecular complexity index is 733. The first-order valence-electron chi connectivity index (χ1n) is 7.20. The molecule has 108 valence electrons.